The van der Waals surface area contributed by atoms with Crippen LogP contribution in [0.15, 0.2) is 45.9 Å². The number of ether oxygens (including phenoxy) is 1. The highest BCUT2D eigenvalue weighted by atomic mass is 16.5. The van der Waals surface area contributed by atoms with Crippen LogP contribution in [-0.4, -0.2) is 11.7 Å². The molecule has 1 unspecified atom stereocenters. The van der Waals surface area contributed by atoms with Crippen molar-refractivity contribution in [3.8, 4) is 5.75 Å². The van der Waals surface area contributed by atoms with E-state index in [0.29, 0.717) is 6.73 Å². The third-order valence-corrected chi connectivity index (χ3v) is 5.26. The number of pyridine rings is 1. The van der Waals surface area contributed by atoms with Crippen LogP contribution in [-0.2, 0) is 25.9 Å². The van der Waals surface area contributed by atoms with Crippen LogP contribution < -0.4 is 15.3 Å². The molecular formula is C20H19N2O3+. The predicted molar refractivity (Wildman–Crippen MR) is 92.6 cm³/mol. The molecule has 126 valence electrons. The maximum atomic E-state index is 12.4. The van der Waals surface area contributed by atoms with Crippen molar-refractivity contribution in [1.29, 1.82) is 0 Å². The molecule has 2 aliphatic rings. The standard InChI is InChI=1S/C20H18N2O3/c23-20-16-3-1-2-14(16)15-4-5-18-17(19(15)25-20)11-22(12-24-18)10-13-6-8-21-9-7-13/h4-9H,1-3,10-12H2/p+1. The molecule has 0 amide bonds. The lowest BCUT2D eigenvalue weighted by Gasteiger charge is -2.26. The zero-order chi connectivity index (χ0) is 16.8. The van der Waals surface area contributed by atoms with Gasteiger partial charge in [0, 0.05) is 28.9 Å². The number of benzene rings is 1. The van der Waals surface area contributed by atoms with Gasteiger partial charge in [0.2, 0.25) is 6.73 Å². The van der Waals surface area contributed by atoms with Crippen molar-refractivity contribution in [2.24, 2.45) is 0 Å². The lowest BCUT2D eigenvalue weighted by atomic mass is 10.0. The fraction of sp³-hybridized carbons (Fsp3) is 0.300. The summed E-state index contributed by atoms with van der Waals surface area (Å²) in [6.07, 6.45) is 6.45. The molecule has 1 atom stereocenters. The van der Waals surface area contributed by atoms with Gasteiger partial charge in [-0.2, -0.15) is 0 Å². The molecule has 3 heterocycles. The smallest absolute Gasteiger partial charge is 0.339 e. The Morgan fingerprint density at radius 2 is 1.88 bits per heavy atom. The first-order valence-corrected chi connectivity index (χ1v) is 8.75. The van der Waals surface area contributed by atoms with Gasteiger partial charge in [-0.1, -0.05) is 0 Å². The van der Waals surface area contributed by atoms with E-state index in [1.54, 1.807) is 0 Å². The van der Waals surface area contributed by atoms with Gasteiger partial charge in [0.25, 0.3) is 0 Å². The van der Waals surface area contributed by atoms with Gasteiger partial charge in [-0.3, -0.25) is 9.88 Å². The van der Waals surface area contributed by atoms with E-state index < -0.39 is 0 Å². The summed E-state index contributed by atoms with van der Waals surface area (Å²) >= 11 is 0. The Kier molecular flexibility index (Phi) is 3.35. The largest absolute Gasteiger partial charge is 0.445 e. The summed E-state index contributed by atoms with van der Waals surface area (Å²) in [5, 5.41) is 1.08. The van der Waals surface area contributed by atoms with Crippen molar-refractivity contribution in [2.75, 3.05) is 6.73 Å². The van der Waals surface area contributed by atoms with Crippen molar-refractivity contribution in [1.82, 2.24) is 4.98 Å². The number of hydrogen-bond acceptors (Lipinski definition) is 4. The topological polar surface area (TPSA) is 56.8 Å². The van der Waals surface area contributed by atoms with Gasteiger partial charge in [0.1, 0.15) is 18.8 Å². The molecule has 5 heteroatoms. The molecule has 1 aliphatic heterocycles. The van der Waals surface area contributed by atoms with Gasteiger partial charge in [0.15, 0.2) is 5.58 Å². The number of hydrogen-bond donors (Lipinski definition) is 1. The minimum absolute atomic E-state index is 0.172. The summed E-state index contributed by atoms with van der Waals surface area (Å²) in [5.41, 5.74) is 4.82. The number of fused-ring (bicyclic) bond motifs is 5. The van der Waals surface area contributed by atoms with Gasteiger partial charge in [-0.25, -0.2) is 4.79 Å². The van der Waals surface area contributed by atoms with Gasteiger partial charge in [-0.15, -0.1) is 0 Å². The first kappa shape index (κ1) is 14.7. The van der Waals surface area contributed by atoms with E-state index in [2.05, 4.69) is 11.1 Å². The first-order chi connectivity index (χ1) is 12.3. The number of nitrogens with zero attached hydrogens (tertiary/aromatic N) is 1. The Labute approximate surface area is 144 Å². The fourth-order valence-electron chi connectivity index (χ4n) is 4.07. The van der Waals surface area contributed by atoms with Crippen LogP contribution in [0.3, 0.4) is 0 Å². The molecule has 0 spiro atoms. The van der Waals surface area contributed by atoms with Gasteiger partial charge in [0.05, 0.1) is 5.56 Å². The molecule has 0 fully saturated rings. The van der Waals surface area contributed by atoms with E-state index in [4.69, 9.17) is 9.15 Å². The van der Waals surface area contributed by atoms with E-state index in [-0.39, 0.29) is 5.63 Å². The molecule has 0 saturated heterocycles. The van der Waals surface area contributed by atoms with Crippen LogP contribution in [0, 0.1) is 0 Å². The number of quaternary nitrogens is 1. The Bertz CT molecular complexity index is 1010. The lowest BCUT2D eigenvalue weighted by molar-refractivity contribution is -0.945. The highest BCUT2D eigenvalue weighted by Gasteiger charge is 2.27. The molecule has 1 aromatic carbocycles. The van der Waals surface area contributed by atoms with Crippen molar-refractivity contribution in [3.05, 3.63) is 69.3 Å². The number of nitrogens with one attached hydrogen (secondary N) is 1. The Morgan fingerprint density at radius 3 is 2.76 bits per heavy atom. The second-order valence-electron chi connectivity index (χ2n) is 6.87. The van der Waals surface area contributed by atoms with Crippen LogP contribution in [0.2, 0.25) is 0 Å². The number of aromatic nitrogens is 1. The number of rotatable bonds is 2. The average molecular weight is 335 g/mol. The second-order valence-corrected chi connectivity index (χ2v) is 6.87. The minimum Gasteiger partial charge on any atom is -0.445 e. The van der Waals surface area contributed by atoms with E-state index in [1.807, 2.05) is 30.6 Å². The summed E-state index contributed by atoms with van der Waals surface area (Å²) in [6, 6.07) is 8.13. The Balaban J connectivity index is 1.57. The third kappa shape index (κ3) is 2.43. The van der Waals surface area contributed by atoms with Crippen LogP contribution in [0.5, 0.6) is 5.75 Å². The summed E-state index contributed by atoms with van der Waals surface area (Å²) < 4.78 is 11.7. The molecule has 1 N–H and O–H groups in total. The van der Waals surface area contributed by atoms with Gasteiger partial charge in [-0.05, 0) is 49.1 Å². The Hall–Kier alpha value is -2.66. The summed E-state index contributed by atoms with van der Waals surface area (Å²) in [4.78, 5) is 17.7. The molecule has 5 nitrogen and oxygen atoms in total. The van der Waals surface area contributed by atoms with Crippen LogP contribution >= 0.6 is 0 Å². The fourth-order valence-corrected chi connectivity index (χ4v) is 4.07. The van der Waals surface area contributed by atoms with Gasteiger partial charge < -0.3 is 9.15 Å². The summed E-state index contributed by atoms with van der Waals surface area (Å²) in [6.45, 7) is 2.25. The second kappa shape index (κ2) is 5.70. The SMILES string of the molecule is O=c1oc2c3c(ccc2c2c1CCC2)OC[NH+](Cc1ccncc1)C3. The van der Waals surface area contributed by atoms with Crippen LogP contribution in [0.4, 0.5) is 0 Å². The van der Waals surface area contributed by atoms with Crippen molar-refractivity contribution < 1.29 is 14.1 Å². The monoisotopic (exact) mass is 335 g/mol. The molecule has 0 radical (unpaired) electrons. The molecule has 0 saturated carbocycles. The maximum Gasteiger partial charge on any atom is 0.339 e. The van der Waals surface area contributed by atoms with Crippen LogP contribution in [0.25, 0.3) is 11.0 Å². The number of aryl methyl sites for hydroxylation is 1. The minimum atomic E-state index is -0.172. The average Bonchev–Trinajstić information content (AvgIpc) is 3.13. The molecular weight excluding hydrogens is 316 g/mol. The molecule has 25 heavy (non-hydrogen) atoms. The van der Waals surface area contributed by atoms with E-state index in [9.17, 15) is 4.79 Å². The van der Waals surface area contributed by atoms with E-state index in [0.717, 1.165) is 60.2 Å². The molecule has 5 rings (SSSR count). The third-order valence-electron chi connectivity index (χ3n) is 5.26. The molecule has 0 bridgehead atoms. The first-order valence-electron chi connectivity index (χ1n) is 8.75. The van der Waals surface area contributed by atoms with Crippen molar-refractivity contribution in [3.63, 3.8) is 0 Å². The maximum absolute atomic E-state index is 12.4. The van der Waals surface area contributed by atoms with Gasteiger partial charge >= 0.3 is 5.63 Å². The normalized spacial score (nSPS) is 18.6. The van der Waals surface area contributed by atoms with Crippen molar-refractivity contribution in [2.45, 2.75) is 32.4 Å². The summed E-state index contributed by atoms with van der Waals surface area (Å²) in [5.74, 6) is 0.840. The zero-order valence-electron chi connectivity index (χ0n) is 13.9. The van der Waals surface area contributed by atoms with E-state index >= 15 is 0 Å². The zero-order valence-corrected chi connectivity index (χ0v) is 13.9. The molecule has 3 aromatic rings. The predicted octanol–water partition coefficient (Wildman–Crippen LogP) is 1.61. The molecule has 2 aromatic heterocycles. The highest BCUT2D eigenvalue weighted by molar-refractivity contribution is 5.86. The summed E-state index contributed by atoms with van der Waals surface area (Å²) in [7, 11) is 0. The Morgan fingerprint density at radius 1 is 1.04 bits per heavy atom. The van der Waals surface area contributed by atoms with Crippen molar-refractivity contribution >= 4 is 11.0 Å². The highest BCUT2D eigenvalue weighted by Crippen LogP contribution is 2.33. The lowest BCUT2D eigenvalue weighted by Crippen LogP contribution is -3.10. The molecule has 1 aliphatic carbocycles. The quantitative estimate of drug-likeness (QED) is 0.723. The van der Waals surface area contributed by atoms with Crippen LogP contribution in [0.1, 0.15) is 28.7 Å². The van der Waals surface area contributed by atoms with E-state index in [1.165, 1.54) is 16.0 Å².